The van der Waals surface area contributed by atoms with Crippen LogP contribution < -0.4 is 0 Å². The Kier molecular flexibility index (Phi) is 5.45. The second-order valence-electron chi connectivity index (χ2n) is 4.63. The standard InChI is InChI=1S/C14H15Cl2NO4/c1-20-14(19)12-8-21-5-4-17(12)13(18)7-9-2-3-10(15)11(16)6-9/h2-3,6,12H,4-5,7-8H2,1H3. The number of carbonyl (C=O) groups excluding carboxylic acids is 2. The van der Waals surface area contributed by atoms with Crippen LogP contribution >= 0.6 is 23.2 Å². The average molecular weight is 332 g/mol. The Morgan fingerprint density at radius 1 is 1.38 bits per heavy atom. The number of esters is 1. The number of halogens is 2. The minimum absolute atomic E-state index is 0.143. The maximum atomic E-state index is 12.4. The Bertz CT molecular complexity index is 550. The first-order valence-electron chi connectivity index (χ1n) is 6.42. The minimum Gasteiger partial charge on any atom is -0.467 e. The number of methoxy groups -OCH3 is 1. The van der Waals surface area contributed by atoms with E-state index < -0.39 is 12.0 Å². The molecule has 1 heterocycles. The van der Waals surface area contributed by atoms with Crippen LogP contribution in [0.2, 0.25) is 10.0 Å². The van der Waals surface area contributed by atoms with Gasteiger partial charge in [-0.05, 0) is 17.7 Å². The fraction of sp³-hybridized carbons (Fsp3) is 0.429. The predicted octanol–water partition coefficient (Wildman–Crippen LogP) is 1.94. The highest BCUT2D eigenvalue weighted by Gasteiger charge is 2.33. The number of hydrogen-bond acceptors (Lipinski definition) is 4. The van der Waals surface area contributed by atoms with E-state index >= 15 is 0 Å². The number of carbonyl (C=O) groups is 2. The van der Waals surface area contributed by atoms with Crippen molar-refractivity contribution < 1.29 is 19.1 Å². The zero-order chi connectivity index (χ0) is 15.4. The van der Waals surface area contributed by atoms with Gasteiger partial charge in [0, 0.05) is 6.54 Å². The number of rotatable bonds is 3. The van der Waals surface area contributed by atoms with Gasteiger partial charge in [0.25, 0.3) is 0 Å². The molecule has 0 N–H and O–H groups in total. The molecule has 1 fully saturated rings. The first-order chi connectivity index (χ1) is 10.0. The molecule has 1 aliphatic heterocycles. The third-order valence-corrected chi connectivity index (χ3v) is 4.00. The second kappa shape index (κ2) is 7.11. The van der Waals surface area contributed by atoms with Crippen molar-refractivity contribution in [2.45, 2.75) is 12.5 Å². The molecule has 21 heavy (non-hydrogen) atoms. The monoisotopic (exact) mass is 331 g/mol. The summed E-state index contributed by atoms with van der Waals surface area (Å²) in [7, 11) is 1.29. The Morgan fingerprint density at radius 2 is 2.14 bits per heavy atom. The molecule has 1 aromatic rings. The lowest BCUT2D eigenvalue weighted by molar-refractivity contribution is -0.160. The Hall–Kier alpha value is -1.30. The Labute approximate surface area is 132 Å². The van der Waals surface area contributed by atoms with Crippen LogP contribution in [0.15, 0.2) is 18.2 Å². The lowest BCUT2D eigenvalue weighted by atomic mass is 10.1. The fourth-order valence-electron chi connectivity index (χ4n) is 2.16. The molecule has 1 amide bonds. The van der Waals surface area contributed by atoms with E-state index in [0.29, 0.717) is 23.2 Å². The molecule has 0 aliphatic carbocycles. The number of ether oxygens (including phenoxy) is 2. The van der Waals surface area contributed by atoms with Crippen LogP contribution in [-0.4, -0.2) is 49.7 Å². The molecule has 1 unspecified atom stereocenters. The first-order valence-corrected chi connectivity index (χ1v) is 7.17. The van der Waals surface area contributed by atoms with E-state index in [4.69, 9.17) is 32.7 Å². The number of nitrogens with zero attached hydrogens (tertiary/aromatic N) is 1. The Balaban J connectivity index is 2.10. The van der Waals surface area contributed by atoms with Gasteiger partial charge in [0.2, 0.25) is 5.91 Å². The van der Waals surface area contributed by atoms with Crippen molar-refractivity contribution in [2.24, 2.45) is 0 Å². The maximum Gasteiger partial charge on any atom is 0.331 e. The number of morpholine rings is 1. The molecule has 1 atom stereocenters. The maximum absolute atomic E-state index is 12.4. The normalized spacial score (nSPS) is 18.4. The van der Waals surface area contributed by atoms with Crippen molar-refractivity contribution in [1.29, 1.82) is 0 Å². The molecule has 1 aromatic carbocycles. The van der Waals surface area contributed by atoms with Gasteiger partial charge in [-0.2, -0.15) is 0 Å². The molecule has 0 bridgehead atoms. The summed E-state index contributed by atoms with van der Waals surface area (Å²) in [6.07, 6.45) is 0.143. The van der Waals surface area contributed by atoms with E-state index in [0.717, 1.165) is 5.56 Å². The van der Waals surface area contributed by atoms with Crippen LogP contribution in [0.25, 0.3) is 0 Å². The quantitative estimate of drug-likeness (QED) is 0.794. The third-order valence-electron chi connectivity index (χ3n) is 3.26. The summed E-state index contributed by atoms with van der Waals surface area (Å²) in [6.45, 7) is 0.917. The molecule has 0 saturated carbocycles. The summed E-state index contributed by atoms with van der Waals surface area (Å²) in [5.41, 5.74) is 0.740. The highest BCUT2D eigenvalue weighted by Crippen LogP contribution is 2.23. The van der Waals surface area contributed by atoms with Gasteiger partial charge >= 0.3 is 5.97 Å². The van der Waals surface area contributed by atoms with Crippen LogP contribution in [0.4, 0.5) is 0 Å². The molecule has 0 spiro atoms. The number of hydrogen-bond donors (Lipinski definition) is 0. The Morgan fingerprint density at radius 3 is 2.81 bits per heavy atom. The van der Waals surface area contributed by atoms with Crippen molar-refractivity contribution in [1.82, 2.24) is 4.90 Å². The van der Waals surface area contributed by atoms with Crippen LogP contribution in [0, 0.1) is 0 Å². The summed E-state index contributed by atoms with van der Waals surface area (Å²) in [5, 5.41) is 0.833. The van der Waals surface area contributed by atoms with E-state index in [1.807, 2.05) is 0 Å². The fourth-order valence-corrected chi connectivity index (χ4v) is 2.48. The van der Waals surface area contributed by atoms with E-state index in [2.05, 4.69) is 0 Å². The summed E-state index contributed by atoms with van der Waals surface area (Å²) < 4.78 is 9.94. The molecular formula is C14H15Cl2NO4. The summed E-state index contributed by atoms with van der Waals surface area (Å²) >= 11 is 11.8. The van der Waals surface area contributed by atoms with Gasteiger partial charge < -0.3 is 14.4 Å². The van der Waals surface area contributed by atoms with Gasteiger partial charge in [0.1, 0.15) is 0 Å². The summed E-state index contributed by atoms with van der Waals surface area (Å²) in [5.74, 6) is -0.649. The van der Waals surface area contributed by atoms with Gasteiger partial charge in [-0.25, -0.2) is 4.79 Å². The predicted molar refractivity (Wildman–Crippen MR) is 78.5 cm³/mol. The van der Waals surface area contributed by atoms with Crippen molar-refractivity contribution in [3.8, 4) is 0 Å². The van der Waals surface area contributed by atoms with Crippen molar-refractivity contribution in [3.63, 3.8) is 0 Å². The number of benzene rings is 1. The first kappa shape index (κ1) is 16.1. The van der Waals surface area contributed by atoms with Crippen LogP contribution in [0.5, 0.6) is 0 Å². The summed E-state index contributed by atoms with van der Waals surface area (Å²) in [4.78, 5) is 25.6. The van der Waals surface area contributed by atoms with E-state index in [1.165, 1.54) is 12.0 Å². The smallest absolute Gasteiger partial charge is 0.331 e. The lowest BCUT2D eigenvalue weighted by Gasteiger charge is -2.33. The van der Waals surface area contributed by atoms with Gasteiger partial charge in [-0.15, -0.1) is 0 Å². The molecule has 1 aliphatic rings. The van der Waals surface area contributed by atoms with Crippen molar-refractivity contribution >= 4 is 35.1 Å². The van der Waals surface area contributed by atoms with Gasteiger partial charge in [0.05, 0.1) is 36.8 Å². The molecule has 0 aromatic heterocycles. The molecular weight excluding hydrogens is 317 g/mol. The van der Waals surface area contributed by atoms with Crippen LogP contribution in [0.1, 0.15) is 5.56 Å². The third kappa shape index (κ3) is 3.87. The van der Waals surface area contributed by atoms with Gasteiger partial charge in [-0.3, -0.25) is 4.79 Å². The van der Waals surface area contributed by atoms with E-state index in [9.17, 15) is 9.59 Å². The minimum atomic E-state index is -0.695. The van der Waals surface area contributed by atoms with Crippen molar-refractivity contribution in [2.75, 3.05) is 26.9 Å². The second-order valence-corrected chi connectivity index (χ2v) is 5.44. The highest BCUT2D eigenvalue weighted by atomic mass is 35.5. The van der Waals surface area contributed by atoms with Crippen molar-refractivity contribution in [3.05, 3.63) is 33.8 Å². The van der Waals surface area contributed by atoms with E-state index in [1.54, 1.807) is 18.2 Å². The summed E-state index contributed by atoms with van der Waals surface area (Å²) in [6, 6.07) is 4.33. The average Bonchev–Trinajstić information content (AvgIpc) is 2.50. The molecule has 7 heteroatoms. The molecule has 1 saturated heterocycles. The SMILES string of the molecule is COC(=O)C1COCCN1C(=O)Cc1ccc(Cl)c(Cl)c1. The lowest BCUT2D eigenvalue weighted by Crippen LogP contribution is -2.53. The van der Waals surface area contributed by atoms with Gasteiger partial charge in [-0.1, -0.05) is 29.3 Å². The highest BCUT2D eigenvalue weighted by molar-refractivity contribution is 6.42. The van der Waals surface area contributed by atoms with Gasteiger partial charge in [0.15, 0.2) is 6.04 Å². The largest absolute Gasteiger partial charge is 0.467 e. The van der Waals surface area contributed by atoms with E-state index in [-0.39, 0.29) is 18.9 Å². The van der Waals surface area contributed by atoms with Crippen LogP contribution in [-0.2, 0) is 25.5 Å². The zero-order valence-electron chi connectivity index (χ0n) is 11.5. The number of amides is 1. The molecule has 2 rings (SSSR count). The zero-order valence-corrected chi connectivity index (χ0v) is 13.0. The molecule has 0 radical (unpaired) electrons. The molecule has 114 valence electrons. The topological polar surface area (TPSA) is 55.8 Å². The van der Waals surface area contributed by atoms with Crippen LogP contribution in [0.3, 0.4) is 0 Å². The molecule has 5 nitrogen and oxygen atoms in total.